The summed E-state index contributed by atoms with van der Waals surface area (Å²) in [5.74, 6) is -0.00112. The number of hydrogen-bond acceptors (Lipinski definition) is 3. The molecule has 0 aliphatic rings. The lowest BCUT2D eigenvalue weighted by atomic mass is 10.1. The van der Waals surface area contributed by atoms with E-state index in [-0.39, 0.29) is 12.1 Å². The zero-order valence-corrected chi connectivity index (χ0v) is 23.9. The van der Waals surface area contributed by atoms with Crippen molar-refractivity contribution in [2.75, 3.05) is 6.61 Å². The number of hydrogen-bond donors (Lipinski definition) is 1. The van der Waals surface area contributed by atoms with Crippen LogP contribution in [0.3, 0.4) is 0 Å². The van der Waals surface area contributed by atoms with Crippen LogP contribution in [-0.2, 0) is 9.53 Å². The van der Waals surface area contributed by atoms with Gasteiger partial charge in [0.15, 0.2) is 0 Å². The van der Waals surface area contributed by atoms with Crippen LogP contribution in [-0.4, -0.2) is 23.8 Å². The number of allylic oxidation sites excluding steroid dienone is 1. The standard InChI is InChI=1S/C32H62O3/c1-3-5-7-9-10-11-12-15-18-21-25-29-32(34)35-30-26-22-19-16-13-14-17-20-24-28-31(33)27-23-8-6-4-2/h20,24,31,33H,3-19,21-23,25-30H2,1-2H3/b24-20-/t31-/m1/s1. The predicted molar refractivity (Wildman–Crippen MR) is 153 cm³/mol. The number of carbonyl (C=O) groups is 1. The van der Waals surface area contributed by atoms with Crippen molar-refractivity contribution >= 4 is 5.97 Å². The van der Waals surface area contributed by atoms with Gasteiger partial charge in [0.05, 0.1) is 12.7 Å². The van der Waals surface area contributed by atoms with Crippen LogP contribution in [0.5, 0.6) is 0 Å². The summed E-state index contributed by atoms with van der Waals surface area (Å²) in [6.07, 6.45) is 34.2. The maximum Gasteiger partial charge on any atom is 0.305 e. The smallest absolute Gasteiger partial charge is 0.305 e. The number of rotatable bonds is 28. The SMILES string of the molecule is CCCCCCCCCCCCCC(=O)OCCCCCCCC/C=C\C[C@H](O)CCCCCC. The number of carbonyl (C=O) groups excluding carboxylic acids is 1. The molecule has 3 heteroatoms. The Labute approximate surface area is 219 Å². The molecular formula is C32H62O3. The lowest BCUT2D eigenvalue weighted by Gasteiger charge is -2.07. The highest BCUT2D eigenvalue weighted by Crippen LogP contribution is 2.13. The minimum absolute atomic E-state index is 0.00112. The first kappa shape index (κ1) is 34.2. The summed E-state index contributed by atoms with van der Waals surface area (Å²) in [6, 6.07) is 0. The molecule has 0 heterocycles. The molecule has 35 heavy (non-hydrogen) atoms. The molecule has 1 atom stereocenters. The number of aliphatic hydroxyl groups is 1. The monoisotopic (exact) mass is 494 g/mol. The van der Waals surface area contributed by atoms with Crippen LogP contribution in [0, 0.1) is 0 Å². The third-order valence-corrected chi connectivity index (χ3v) is 6.98. The van der Waals surface area contributed by atoms with Gasteiger partial charge in [-0.25, -0.2) is 0 Å². The maximum atomic E-state index is 11.8. The Hall–Kier alpha value is -0.830. The fraction of sp³-hybridized carbons (Fsp3) is 0.906. The van der Waals surface area contributed by atoms with Crippen molar-refractivity contribution in [3.05, 3.63) is 12.2 Å². The van der Waals surface area contributed by atoms with E-state index in [0.29, 0.717) is 13.0 Å². The summed E-state index contributed by atoms with van der Waals surface area (Å²) in [6.45, 7) is 5.09. The molecule has 0 radical (unpaired) electrons. The van der Waals surface area contributed by atoms with Crippen LogP contribution in [0.4, 0.5) is 0 Å². The quantitative estimate of drug-likeness (QED) is 0.0668. The fourth-order valence-electron chi connectivity index (χ4n) is 4.56. The second-order valence-electron chi connectivity index (χ2n) is 10.6. The van der Waals surface area contributed by atoms with Gasteiger partial charge in [0.1, 0.15) is 0 Å². The predicted octanol–water partition coefficient (Wildman–Crippen LogP) is 10.2. The third-order valence-electron chi connectivity index (χ3n) is 6.98. The van der Waals surface area contributed by atoms with E-state index in [1.165, 1.54) is 109 Å². The van der Waals surface area contributed by atoms with Crippen molar-refractivity contribution in [3.8, 4) is 0 Å². The first-order valence-corrected chi connectivity index (χ1v) is 15.7. The van der Waals surface area contributed by atoms with E-state index in [1.807, 2.05) is 0 Å². The molecule has 0 amide bonds. The Morgan fingerprint density at radius 1 is 0.629 bits per heavy atom. The summed E-state index contributed by atoms with van der Waals surface area (Å²) in [5.41, 5.74) is 0. The van der Waals surface area contributed by atoms with Crippen LogP contribution in [0.15, 0.2) is 12.2 Å². The first-order chi connectivity index (χ1) is 17.2. The third kappa shape index (κ3) is 29.3. The molecule has 0 aliphatic carbocycles. The van der Waals surface area contributed by atoms with Gasteiger partial charge in [-0.05, 0) is 38.5 Å². The molecule has 3 nitrogen and oxygen atoms in total. The van der Waals surface area contributed by atoms with Gasteiger partial charge in [-0.1, -0.05) is 142 Å². The van der Waals surface area contributed by atoms with Crippen molar-refractivity contribution < 1.29 is 14.6 Å². The number of esters is 1. The highest BCUT2D eigenvalue weighted by Gasteiger charge is 2.03. The number of unbranched alkanes of at least 4 members (excludes halogenated alkanes) is 19. The lowest BCUT2D eigenvalue weighted by Crippen LogP contribution is -2.05. The second-order valence-corrected chi connectivity index (χ2v) is 10.6. The van der Waals surface area contributed by atoms with Gasteiger partial charge >= 0.3 is 5.97 Å². The van der Waals surface area contributed by atoms with Gasteiger partial charge in [0.2, 0.25) is 0 Å². The number of aliphatic hydroxyl groups excluding tert-OH is 1. The molecule has 0 aromatic rings. The highest BCUT2D eigenvalue weighted by atomic mass is 16.5. The van der Waals surface area contributed by atoms with Crippen molar-refractivity contribution in [2.45, 2.75) is 180 Å². The van der Waals surface area contributed by atoms with E-state index < -0.39 is 0 Å². The van der Waals surface area contributed by atoms with Crippen molar-refractivity contribution in [3.63, 3.8) is 0 Å². The van der Waals surface area contributed by atoms with Crippen LogP contribution < -0.4 is 0 Å². The average molecular weight is 495 g/mol. The normalized spacial score (nSPS) is 12.4. The highest BCUT2D eigenvalue weighted by molar-refractivity contribution is 5.69. The molecule has 0 saturated heterocycles. The topological polar surface area (TPSA) is 46.5 Å². The fourth-order valence-corrected chi connectivity index (χ4v) is 4.56. The summed E-state index contributed by atoms with van der Waals surface area (Å²) in [4.78, 5) is 11.8. The summed E-state index contributed by atoms with van der Waals surface area (Å²) in [7, 11) is 0. The molecular weight excluding hydrogens is 432 g/mol. The van der Waals surface area contributed by atoms with Gasteiger partial charge in [0.25, 0.3) is 0 Å². The molecule has 0 aromatic carbocycles. The molecule has 0 saturated carbocycles. The van der Waals surface area contributed by atoms with E-state index in [0.717, 1.165) is 44.9 Å². The summed E-state index contributed by atoms with van der Waals surface area (Å²) < 4.78 is 5.39. The Balaban J connectivity index is 3.26. The molecule has 0 aliphatic heterocycles. The molecule has 0 unspecified atom stereocenters. The van der Waals surface area contributed by atoms with E-state index >= 15 is 0 Å². The molecule has 0 rings (SSSR count). The second kappa shape index (κ2) is 29.4. The van der Waals surface area contributed by atoms with E-state index in [2.05, 4.69) is 26.0 Å². The largest absolute Gasteiger partial charge is 0.466 e. The van der Waals surface area contributed by atoms with Gasteiger partial charge in [0, 0.05) is 6.42 Å². The van der Waals surface area contributed by atoms with Crippen molar-refractivity contribution in [2.24, 2.45) is 0 Å². The van der Waals surface area contributed by atoms with Crippen molar-refractivity contribution in [1.29, 1.82) is 0 Å². The average Bonchev–Trinajstić information content (AvgIpc) is 2.85. The van der Waals surface area contributed by atoms with E-state index in [4.69, 9.17) is 4.74 Å². The first-order valence-electron chi connectivity index (χ1n) is 15.7. The van der Waals surface area contributed by atoms with Gasteiger partial charge in [-0.15, -0.1) is 0 Å². The van der Waals surface area contributed by atoms with Gasteiger partial charge in [-0.2, -0.15) is 0 Å². The van der Waals surface area contributed by atoms with Gasteiger partial charge in [-0.3, -0.25) is 4.79 Å². The summed E-state index contributed by atoms with van der Waals surface area (Å²) in [5, 5.41) is 9.96. The Kier molecular flexibility index (Phi) is 28.7. The van der Waals surface area contributed by atoms with Crippen LogP contribution in [0.2, 0.25) is 0 Å². The van der Waals surface area contributed by atoms with Crippen LogP contribution in [0.25, 0.3) is 0 Å². The van der Waals surface area contributed by atoms with Gasteiger partial charge < -0.3 is 9.84 Å². The molecule has 0 fully saturated rings. The van der Waals surface area contributed by atoms with Crippen molar-refractivity contribution in [1.82, 2.24) is 0 Å². The van der Waals surface area contributed by atoms with E-state index in [9.17, 15) is 9.90 Å². The molecule has 0 bridgehead atoms. The minimum Gasteiger partial charge on any atom is -0.466 e. The minimum atomic E-state index is -0.156. The Morgan fingerprint density at radius 3 is 1.71 bits per heavy atom. The zero-order chi connectivity index (χ0) is 25.7. The van der Waals surface area contributed by atoms with Crippen LogP contribution in [0.1, 0.15) is 174 Å². The Bertz CT molecular complexity index is 446. The molecule has 0 spiro atoms. The van der Waals surface area contributed by atoms with Crippen LogP contribution >= 0.6 is 0 Å². The molecule has 208 valence electrons. The molecule has 0 aromatic heterocycles. The summed E-state index contributed by atoms with van der Waals surface area (Å²) >= 11 is 0. The van der Waals surface area contributed by atoms with E-state index in [1.54, 1.807) is 0 Å². The zero-order valence-electron chi connectivity index (χ0n) is 23.9. The Morgan fingerprint density at radius 2 is 1.11 bits per heavy atom. The lowest BCUT2D eigenvalue weighted by molar-refractivity contribution is -0.143. The maximum absolute atomic E-state index is 11.8. The molecule has 1 N–H and O–H groups in total. The number of ether oxygens (including phenoxy) is 1.